The van der Waals surface area contributed by atoms with Gasteiger partial charge in [-0.25, -0.2) is 4.57 Å². The molecule has 13 heavy (non-hydrogen) atoms. The predicted octanol–water partition coefficient (Wildman–Crippen LogP) is 2.46. The van der Waals surface area contributed by atoms with Crippen molar-refractivity contribution in [3.05, 3.63) is 0 Å². The number of hydrogen-bond acceptors (Lipinski definition) is 2. The van der Waals surface area contributed by atoms with Crippen LogP contribution in [0, 0.1) is 0 Å². The molecule has 9 heteroatoms. The monoisotopic (exact) mass is 290 g/mol. The van der Waals surface area contributed by atoms with E-state index in [0.717, 1.165) is 0 Å². The summed E-state index contributed by atoms with van der Waals surface area (Å²) in [4.78, 5) is 16.6. The van der Waals surface area contributed by atoms with Gasteiger partial charge in [0.15, 0.2) is 3.79 Å². The Kier molecular flexibility index (Phi) is 5.91. The average Bonchev–Trinajstić information content (AvgIpc) is 1.78. The van der Waals surface area contributed by atoms with Gasteiger partial charge in [-0.3, -0.25) is 4.52 Å². The summed E-state index contributed by atoms with van der Waals surface area (Å²) in [5.74, 6) is 0. The third-order valence-corrected chi connectivity index (χ3v) is 2.11. The van der Waals surface area contributed by atoms with E-state index in [9.17, 15) is 4.57 Å². The van der Waals surface area contributed by atoms with Gasteiger partial charge in [0.25, 0.3) is 0 Å². The van der Waals surface area contributed by atoms with Crippen molar-refractivity contribution in [2.24, 2.45) is 0 Å². The van der Waals surface area contributed by atoms with Crippen LogP contribution in [-0.2, 0) is 9.09 Å². The van der Waals surface area contributed by atoms with E-state index in [1.165, 1.54) is 0 Å². The molecule has 1 unspecified atom stereocenters. The highest BCUT2D eigenvalue weighted by atomic mass is 35.6. The highest BCUT2D eigenvalue weighted by Gasteiger charge is 2.26. The Bertz CT molecular complexity index is 199. The van der Waals surface area contributed by atoms with Gasteiger partial charge in [-0.05, 0) is 0 Å². The molecule has 0 aromatic carbocycles. The van der Waals surface area contributed by atoms with Crippen molar-refractivity contribution < 1.29 is 18.9 Å². The number of rotatable bonds is 4. The van der Waals surface area contributed by atoms with E-state index in [1.807, 2.05) is 0 Å². The second-order valence-electron chi connectivity index (χ2n) is 2.20. The Hall–Kier alpha value is 1.27. The Morgan fingerprint density at radius 2 is 1.85 bits per heavy atom. The van der Waals surface area contributed by atoms with Gasteiger partial charge in [-0.1, -0.05) is 34.8 Å². The van der Waals surface area contributed by atoms with E-state index < -0.39 is 17.0 Å². The first-order valence-electron chi connectivity index (χ1n) is 3.01. The summed E-state index contributed by atoms with van der Waals surface area (Å²) in [6.07, 6.45) is -0.0563. The summed E-state index contributed by atoms with van der Waals surface area (Å²) in [5, 5.41) is -0.764. The van der Waals surface area contributed by atoms with Gasteiger partial charge in [0.2, 0.25) is 0 Å². The van der Waals surface area contributed by atoms with Gasteiger partial charge in [0, 0.05) is 6.42 Å². The zero-order chi connectivity index (χ0) is 10.7. The minimum absolute atomic E-state index is 0.0563. The fourth-order valence-electron chi connectivity index (χ4n) is 0.488. The van der Waals surface area contributed by atoms with Gasteiger partial charge in [-0.15, -0.1) is 11.6 Å². The molecule has 0 saturated heterocycles. The smallest absolute Gasteiger partial charge is 0.303 e. The SMILES string of the molecule is O=P(O)(O)OCC(Cl)CC(Cl)(Cl)Cl. The largest absolute Gasteiger partial charge is 0.469 e. The molecule has 0 aliphatic carbocycles. The van der Waals surface area contributed by atoms with Gasteiger partial charge in [0.05, 0.1) is 12.0 Å². The van der Waals surface area contributed by atoms with E-state index in [-0.39, 0.29) is 13.0 Å². The molecule has 0 aliphatic rings. The van der Waals surface area contributed by atoms with Crippen molar-refractivity contribution in [2.75, 3.05) is 6.61 Å². The minimum atomic E-state index is -4.50. The van der Waals surface area contributed by atoms with E-state index in [0.29, 0.717) is 0 Å². The molecule has 0 radical (unpaired) electrons. The van der Waals surface area contributed by atoms with Crippen molar-refractivity contribution in [1.29, 1.82) is 0 Å². The third kappa shape index (κ3) is 11.2. The van der Waals surface area contributed by atoms with Gasteiger partial charge < -0.3 is 9.79 Å². The van der Waals surface area contributed by atoms with Crippen molar-refractivity contribution in [3.8, 4) is 0 Å². The lowest BCUT2D eigenvalue weighted by atomic mass is 10.3. The summed E-state index contributed by atoms with van der Waals surface area (Å²) >= 11 is 21.7. The molecule has 0 aliphatic heterocycles. The number of halogens is 4. The van der Waals surface area contributed by atoms with Crippen molar-refractivity contribution in [1.82, 2.24) is 0 Å². The van der Waals surface area contributed by atoms with Crippen molar-refractivity contribution in [2.45, 2.75) is 15.6 Å². The summed E-state index contributed by atoms with van der Waals surface area (Å²) in [7, 11) is -4.50. The van der Waals surface area contributed by atoms with Crippen LogP contribution < -0.4 is 0 Å². The van der Waals surface area contributed by atoms with Crippen molar-refractivity contribution >= 4 is 54.2 Å². The molecule has 0 bridgehead atoms. The molecule has 0 aromatic rings. The number of alkyl halides is 4. The second-order valence-corrected chi connectivity index (χ2v) is 6.58. The number of hydrogen-bond donors (Lipinski definition) is 2. The highest BCUT2D eigenvalue weighted by Crippen LogP contribution is 2.38. The molecule has 0 spiro atoms. The molecular weight excluding hydrogens is 285 g/mol. The van der Waals surface area contributed by atoms with Crippen LogP contribution in [0.3, 0.4) is 0 Å². The molecule has 0 amide bonds. The second kappa shape index (κ2) is 5.38. The molecule has 0 heterocycles. The quantitative estimate of drug-likeness (QED) is 0.617. The van der Waals surface area contributed by atoms with E-state index >= 15 is 0 Å². The summed E-state index contributed by atoms with van der Waals surface area (Å²) in [6, 6.07) is 0. The maximum Gasteiger partial charge on any atom is 0.469 e. The Morgan fingerprint density at radius 1 is 1.38 bits per heavy atom. The third-order valence-electron chi connectivity index (χ3n) is 0.876. The zero-order valence-corrected chi connectivity index (χ0v) is 10.1. The van der Waals surface area contributed by atoms with Crippen LogP contribution in [0.25, 0.3) is 0 Å². The predicted molar refractivity (Wildman–Crippen MR) is 52.5 cm³/mol. The van der Waals surface area contributed by atoms with Gasteiger partial charge in [-0.2, -0.15) is 0 Å². The fourth-order valence-corrected chi connectivity index (χ4v) is 2.04. The van der Waals surface area contributed by atoms with Crippen LogP contribution in [-0.4, -0.2) is 25.6 Å². The molecule has 0 aromatic heterocycles. The molecule has 0 fully saturated rings. The summed E-state index contributed by atoms with van der Waals surface area (Å²) in [5.41, 5.74) is 0. The standard InChI is InChI=1S/C4H7Cl4O4P/c5-3(1-4(6,7)8)2-12-13(9,10)11/h3H,1-2H2,(H2,9,10,11). The fraction of sp³-hybridized carbons (Fsp3) is 1.00. The molecule has 1 atom stereocenters. The van der Waals surface area contributed by atoms with Crippen molar-refractivity contribution in [3.63, 3.8) is 0 Å². The first-order valence-corrected chi connectivity index (χ1v) is 6.11. The topological polar surface area (TPSA) is 66.8 Å². The van der Waals surface area contributed by atoms with E-state index in [2.05, 4.69) is 4.52 Å². The maximum absolute atomic E-state index is 10.2. The Balaban J connectivity index is 3.77. The lowest BCUT2D eigenvalue weighted by Crippen LogP contribution is -2.16. The van der Waals surface area contributed by atoms with Crippen LogP contribution in [0.1, 0.15) is 6.42 Å². The first kappa shape index (κ1) is 14.3. The highest BCUT2D eigenvalue weighted by molar-refractivity contribution is 7.46. The summed E-state index contributed by atoms with van der Waals surface area (Å²) < 4.78 is 12.8. The molecule has 2 N–H and O–H groups in total. The molecule has 80 valence electrons. The number of phosphoric acid groups is 1. The van der Waals surface area contributed by atoms with Crippen LogP contribution in [0.15, 0.2) is 0 Å². The molecular formula is C4H7Cl4O4P. The maximum atomic E-state index is 10.2. The zero-order valence-electron chi connectivity index (χ0n) is 6.16. The lowest BCUT2D eigenvalue weighted by Gasteiger charge is -2.15. The van der Waals surface area contributed by atoms with Gasteiger partial charge >= 0.3 is 7.82 Å². The van der Waals surface area contributed by atoms with Crippen LogP contribution in [0.4, 0.5) is 0 Å². The average molecular weight is 292 g/mol. The molecule has 4 nitrogen and oxygen atoms in total. The Morgan fingerprint density at radius 3 is 2.15 bits per heavy atom. The van der Waals surface area contributed by atoms with E-state index in [1.54, 1.807) is 0 Å². The summed E-state index contributed by atoms with van der Waals surface area (Å²) in [6.45, 7) is -0.375. The van der Waals surface area contributed by atoms with Crippen LogP contribution in [0.2, 0.25) is 0 Å². The lowest BCUT2D eigenvalue weighted by molar-refractivity contribution is 0.195. The minimum Gasteiger partial charge on any atom is -0.303 e. The van der Waals surface area contributed by atoms with E-state index in [4.69, 9.17) is 56.2 Å². The first-order chi connectivity index (χ1) is 5.60. The van der Waals surface area contributed by atoms with Crippen LogP contribution in [0.5, 0.6) is 0 Å². The normalized spacial score (nSPS) is 15.8. The van der Waals surface area contributed by atoms with Crippen LogP contribution >= 0.6 is 54.2 Å². The molecule has 0 rings (SSSR count). The molecule has 0 saturated carbocycles. The van der Waals surface area contributed by atoms with Gasteiger partial charge in [0.1, 0.15) is 0 Å². The Labute approximate surface area is 95.3 Å². The number of phosphoric ester groups is 1.